The van der Waals surface area contributed by atoms with Gasteiger partial charge < -0.3 is 10.2 Å². The largest absolute Gasteiger partial charge is 0.481 e. The van der Waals surface area contributed by atoms with Gasteiger partial charge in [-0.3, -0.25) is 9.59 Å². The van der Waals surface area contributed by atoms with Crippen LogP contribution in [0, 0.1) is 0 Å². The van der Waals surface area contributed by atoms with Crippen molar-refractivity contribution in [3.63, 3.8) is 0 Å². The Hall–Kier alpha value is -0.554. The average Bonchev–Trinajstić information content (AvgIpc) is 1.27. The minimum Gasteiger partial charge on any atom is -0.481 e. The predicted octanol–water partition coefficient (Wildman–Crippen LogP) is -0.457. The van der Waals surface area contributed by atoms with Gasteiger partial charge in [0.2, 0.25) is 0 Å². The average molecular weight is 163 g/mol. The van der Waals surface area contributed by atoms with Crippen molar-refractivity contribution in [2.24, 2.45) is 0 Å². The SMILES string of the molecule is O=C(O)CC(=O)O.[Co]. The molecule has 0 aromatic carbocycles. The first-order valence-electron chi connectivity index (χ1n) is 1.56. The molecular weight excluding hydrogens is 159 g/mol. The molecule has 0 saturated heterocycles. The minimum atomic E-state index is -1.31. The molecule has 0 aliphatic rings. The summed E-state index contributed by atoms with van der Waals surface area (Å²) in [5, 5.41) is 15.4. The summed E-state index contributed by atoms with van der Waals surface area (Å²) in [4.78, 5) is 18.9. The molecule has 5 heteroatoms. The van der Waals surface area contributed by atoms with Crippen molar-refractivity contribution < 1.29 is 36.6 Å². The van der Waals surface area contributed by atoms with E-state index in [1.807, 2.05) is 0 Å². The van der Waals surface area contributed by atoms with Crippen molar-refractivity contribution in [1.82, 2.24) is 0 Å². The minimum absolute atomic E-state index is 0. The van der Waals surface area contributed by atoms with Gasteiger partial charge in [-0.05, 0) is 0 Å². The molecule has 0 bridgehead atoms. The van der Waals surface area contributed by atoms with Crippen LogP contribution in [-0.2, 0) is 26.4 Å². The van der Waals surface area contributed by atoms with E-state index in [0.717, 1.165) is 0 Å². The first kappa shape index (κ1) is 10.4. The van der Waals surface area contributed by atoms with Crippen LogP contribution < -0.4 is 0 Å². The molecule has 49 valence electrons. The van der Waals surface area contributed by atoms with Gasteiger partial charge in [-0.1, -0.05) is 0 Å². The van der Waals surface area contributed by atoms with Crippen LogP contribution in [-0.4, -0.2) is 22.2 Å². The van der Waals surface area contributed by atoms with Gasteiger partial charge in [0, 0.05) is 16.8 Å². The number of hydrogen-bond donors (Lipinski definition) is 2. The molecule has 8 heavy (non-hydrogen) atoms. The van der Waals surface area contributed by atoms with Crippen molar-refractivity contribution in [3.05, 3.63) is 0 Å². The molecule has 4 nitrogen and oxygen atoms in total. The summed E-state index contributed by atoms with van der Waals surface area (Å²) in [7, 11) is 0. The van der Waals surface area contributed by atoms with E-state index in [9.17, 15) is 9.59 Å². The number of rotatable bonds is 2. The van der Waals surface area contributed by atoms with Crippen LogP contribution in [0.15, 0.2) is 0 Å². The molecule has 2 N–H and O–H groups in total. The van der Waals surface area contributed by atoms with Crippen LogP contribution in [0.4, 0.5) is 0 Å². The van der Waals surface area contributed by atoms with E-state index in [1.165, 1.54) is 0 Å². The van der Waals surface area contributed by atoms with Crippen LogP contribution in [0.25, 0.3) is 0 Å². The van der Waals surface area contributed by atoms with Gasteiger partial charge >= 0.3 is 11.9 Å². The summed E-state index contributed by atoms with van der Waals surface area (Å²) in [6.45, 7) is 0. The smallest absolute Gasteiger partial charge is 0.314 e. The zero-order valence-corrected chi connectivity index (χ0v) is 4.79. The maximum Gasteiger partial charge on any atom is 0.314 e. The van der Waals surface area contributed by atoms with Crippen molar-refractivity contribution >= 4 is 11.9 Å². The molecule has 0 aliphatic heterocycles. The maximum absolute atomic E-state index is 9.43. The van der Waals surface area contributed by atoms with Gasteiger partial charge in [0.25, 0.3) is 0 Å². The Labute approximate surface area is 55.7 Å². The standard InChI is InChI=1S/C3H4O4.Co/c4-2(5)1-3(6)7;/h1H2,(H,4,5)(H,6,7);. The van der Waals surface area contributed by atoms with Crippen molar-refractivity contribution in [1.29, 1.82) is 0 Å². The molecule has 1 radical (unpaired) electrons. The van der Waals surface area contributed by atoms with Gasteiger partial charge in [0.15, 0.2) is 0 Å². The molecular formula is C3H4CoO4. The number of carboxylic acid groups (broad SMARTS) is 2. The second-order valence-electron chi connectivity index (χ2n) is 0.964. The van der Waals surface area contributed by atoms with E-state index in [0.29, 0.717) is 0 Å². The fourth-order valence-electron chi connectivity index (χ4n) is 0.129. The Morgan fingerprint density at radius 2 is 1.38 bits per heavy atom. The second-order valence-corrected chi connectivity index (χ2v) is 0.964. The van der Waals surface area contributed by atoms with Gasteiger partial charge in [-0.25, -0.2) is 0 Å². The van der Waals surface area contributed by atoms with Gasteiger partial charge in [0.05, 0.1) is 0 Å². The van der Waals surface area contributed by atoms with Gasteiger partial charge in [-0.15, -0.1) is 0 Å². The molecule has 0 aromatic heterocycles. The van der Waals surface area contributed by atoms with E-state index in [2.05, 4.69) is 0 Å². The third-order valence-corrected chi connectivity index (χ3v) is 0.302. The monoisotopic (exact) mass is 163 g/mol. The quantitative estimate of drug-likeness (QED) is 0.540. The number of aliphatic carboxylic acids is 2. The summed E-state index contributed by atoms with van der Waals surface area (Å²) < 4.78 is 0. The first-order valence-corrected chi connectivity index (χ1v) is 1.56. The second kappa shape index (κ2) is 4.60. The van der Waals surface area contributed by atoms with Crippen molar-refractivity contribution in [3.8, 4) is 0 Å². The number of carbonyl (C=O) groups is 2. The normalized spacial score (nSPS) is 7.00. The van der Waals surface area contributed by atoms with Gasteiger partial charge in [-0.2, -0.15) is 0 Å². The molecule has 0 atom stereocenters. The summed E-state index contributed by atoms with van der Waals surface area (Å²) in [6, 6.07) is 0. The van der Waals surface area contributed by atoms with E-state index < -0.39 is 18.4 Å². The number of hydrogen-bond acceptors (Lipinski definition) is 2. The molecule has 0 aromatic rings. The van der Waals surface area contributed by atoms with Crippen LogP contribution in [0.2, 0.25) is 0 Å². The molecule has 0 amide bonds. The Bertz CT molecular complexity index is 87.5. The molecule has 0 saturated carbocycles. The molecule has 0 unspecified atom stereocenters. The fourth-order valence-corrected chi connectivity index (χ4v) is 0.129. The molecule has 0 rings (SSSR count). The van der Waals surface area contributed by atoms with Crippen LogP contribution in [0.3, 0.4) is 0 Å². The molecule has 0 heterocycles. The van der Waals surface area contributed by atoms with Crippen molar-refractivity contribution in [2.75, 3.05) is 0 Å². The van der Waals surface area contributed by atoms with E-state index in [1.54, 1.807) is 0 Å². The molecule has 0 aliphatic carbocycles. The van der Waals surface area contributed by atoms with Crippen LogP contribution in [0.5, 0.6) is 0 Å². The van der Waals surface area contributed by atoms with Gasteiger partial charge in [0.1, 0.15) is 6.42 Å². The fraction of sp³-hybridized carbons (Fsp3) is 0.333. The molecule has 0 spiro atoms. The van der Waals surface area contributed by atoms with Crippen molar-refractivity contribution in [2.45, 2.75) is 6.42 Å². The zero-order valence-electron chi connectivity index (χ0n) is 3.75. The van der Waals surface area contributed by atoms with E-state index in [-0.39, 0.29) is 16.8 Å². The summed E-state index contributed by atoms with van der Waals surface area (Å²) in [5.74, 6) is -2.62. The Balaban J connectivity index is 0. The van der Waals surface area contributed by atoms with Crippen LogP contribution >= 0.6 is 0 Å². The Morgan fingerprint density at radius 3 is 1.38 bits per heavy atom. The summed E-state index contributed by atoms with van der Waals surface area (Å²) in [6.07, 6.45) is -0.806. The Morgan fingerprint density at radius 1 is 1.12 bits per heavy atom. The molecule has 0 fully saturated rings. The zero-order chi connectivity index (χ0) is 5.86. The Kier molecular flexibility index (Phi) is 6.00. The maximum atomic E-state index is 9.43. The third-order valence-electron chi connectivity index (χ3n) is 0.302. The van der Waals surface area contributed by atoms with E-state index in [4.69, 9.17) is 10.2 Å². The summed E-state index contributed by atoms with van der Waals surface area (Å²) in [5.41, 5.74) is 0. The third kappa shape index (κ3) is 9.07. The topological polar surface area (TPSA) is 74.6 Å². The summed E-state index contributed by atoms with van der Waals surface area (Å²) >= 11 is 0. The van der Waals surface area contributed by atoms with E-state index >= 15 is 0 Å². The number of carboxylic acids is 2. The predicted molar refractivity (Wildman–Crippen MR) is 19.9 cm³/mol. The van der Waals surface area contributed by atoms with Crippen LogP contribution in [0.1, 0.15) is 6.42 Å². The first-order chi connectivity index (χ1) is 3.13.